The lowest BCUT2D eigenvalue weighted by Gasteiger charge is -2.01. The smallest absolute Gasteiger partial charge is 0.298 e. The predicted molar refractivity (Wildman–Crippen MR) is 63.5 cm³/mol. The van der Waals surface area contributed by atoms with Gasteiger partial charge in [0, 0.05) is 24.0 Å². The molecule has 84 valence electrons. The Kier molecular flexibility index (Phi) is 3.50. The fourth-order valence-electron chi connectivity index (χ4n) is 1.06. The lowest BCUT2D eigenvalue weighted by Crippen LogP contribution is -1.86. The Morgan fingerprint density at radius 1 is 1.50 bits per heavy atom. The molecule has 0 amide bonds. The number of aromatic nitrogens is 2. The zero-order chi connectivity index (χ0) is 11.5. The first-order valence-electron chi connectivity index (χ1n) is 4.64. The zero-order valence-corrected chi connectivity index (χ0v) is 10.8. The molecule has 0 saturated heterocycles. The summed E-state index contributed by atoms with van der Waals surface area (Å²) in [5.74, 6) is 0.787. The monoisotopic (exact) mass is 302 g/mol. The molecule has 0 radical (unpaired) electrons. The Balaban J connectivity index is 2.17. The number of hydrogen-bond donors (Lipinski definition) is 0. The maximum atomic E-state index is 13.2. The van der Waals surface area contributed by atoms with Gasteiger partial charge in [0.05, 0.1) is 4.47 Å². The lowest BCUT2D eigenvalue weighted by molar-refractivity contribution is 0.471. The highest BCUT2D eigenvalue weighted by Gasteiger charge is 2.06. The van der Waals surface area contributed by atoms with Crippen molar-refractivity contribution in [2.24, 2.45) is 0 Å². The highest BCUT2D eigenvalue weighted by molar-refractivity contribution is 9.10. The molecular formula is C10H8BrFN2OS. The van der Waals surface area contributed by atoms with Crippen molar-refractivity contribution in [3.63, 3.8) is 0 Å². The Morgan fingerprint density at radius 3 is 2.94 bits per heavy atom. The topological polar surface area (TPSA) is 35.0 Å². The third-order valence-electron chi connectivity index (χ3n) is 1.86. The van der Waals surface area contributed by atoms with Gasteiger partial charge in [-0.15, -0.1) is 0 Å². The molecule has 0 saturated carbocycles. The van der Waals surface area contributed by atoms with Crippen LogP contribution in [-0.4, -0.2) is 9.36 Å². The SMILES string of the molecule is CCc1nsc(Oc2ccc(Br)c(F)c2)n1. The van der Waals surface area contributed by atoms with E-state index in [1.54, 1.807) is 12.1 Å². The summed E-state index contributed by atoms with van der Waals surface area (Å²) in [6, 6.07) is 4.56. The Bertz CT molecular complexity index is 503. The van der Waals surface area contributed by atoms with E-state index in [2.05, 4.69) is 25.3 Å². The van der Waals surface area contributed by atoms with Gasteiger partial charge in [-0.05, 0) is 28.1 Å². The van der Waals surface area contributed by atoms with Crippen LogP contribution in [0.5, 0.6) is 10.9 Å². The van der Waals surface area contributed by atoms with Crippen molar-refractivity contribution in [3.05, 3.63) is 34.3 Å². The van der Waals surface area contributed by atoms with Gasteiger partial charge in [0.2, 0.25) is 0 Å². The second kappa shape index (κ2) is 4.88. The fourth-order valence-corrected chi connectivity index (χ4v) is 1.94. The molecule has 1 aromatic heterocycles. The largest absolute Gasteiger partial charge is 0.430 e. The van der Waals surface area contributed by atoms with Crippen LogP contribution in [0.15, 0.2) is 22.7 Å². The fraction of sp³-hybridized carbons (Fsp3) is 0.200. The molecule has 0 aliphatic carbocycles. The van der Waals surface area contributed by atoms with E-state index in [1.807, 2.05) is 6.92 Å². The van der Waals surface area contributed by atoms with E-state index < -0.39 is 0 Å². The molecule has 0 N–H and O–H groups in total. The third-order valence-corrected chi connectivity index (χ3v) is 3.14. The van der Waals surface area contributed by atoms with Gasteiger partial charge in [0.25, 0.3) is 5.19 Å². The third kappa shape index (κ3) is 2.56. The van der Waals surface area contributed by atoms with E-state index >= 15 is 0 Å². The number of nitrogens with zero attached hydrogens (tertiary/aromatic N) is 2. The molecule has 2 rings (SSSR count). The molecule has 6 heteroatoms. The van der Waals surface area contributed by atoms with Crippen molar-refractivity contribution in [1.29, 1.82) is 0 Å². The first-order chi connectivity index (χ1) is 7.69. The molecule has 0 spiro atoms. The molecule has 0 fully saturated rings. The summed E-state index contributed by atoms with van der Waals surface area (Å²) in [7, 11) is 0. The van der Waals surface area contributed by atoms with Gasteiger partial charge in [-0.2, -0.15) is 9.36 Å². The van der Waals surface area contributed by atoms with Gasteiger partial charge in [-0.1, -0.05) is 6.92 Å². The van der Waals surface area contributed by atoms with Crippen LogP contribution in [0.4, 0.5) is 4.39 Å². The van der Waals surface area contributed by atoms with Gasteiger partial charge < -0.3 is 4.74 Å². The summed E-state index contributed by atoms with van der Waals surface area (Å²) in [4.78, 5) is 4.13. The van der Waals surface area contributed by atoms with Gasteiger partial charge >= 0.3 is 0 Å². The minimum absolute atomic E-state index is 0.363. The summed E-state index contributed by atoms with van der Waals surface area (Å²) in [6.45, 7) is 1.96. The van der Waals surface area contributed by atoms with Gasteiger partial charge in [-0.25, -0.2) is 4.39 Å². The molecule has 2 aromatic rings. The maximum Gasteiger partial charge on any atom is 0.298 e. The second-order valence-corrected chi connectivity index (χ2v) is 4.58. The highest BCUT2D eigenvalue weighted by atomic mass is 79.9. The Labute approximate surface area is 105 Å². The molecule has 16 heavy (non-hydrogen) atoms. The highest BCUT2D eigenvalue weighted by Crippen LogP contribution is 2.26. The van der Waals surface area contributed by atoms with Crippen molar-refractivity contribution in [3.8, 4) is 10.9 Å². The van der Waals surface area contributed by atoms with Crippen molar-refractivity contribution < 1.29 is 9.13 Å². The second-order valence-electron chi connectivity index (χ2n) is 3.01. The summed E-state index contributed by atoms with van der Waals surface area (Å²) in [5.41, 5.74) is 0. The minimum Gasteiger partial charge on any atom is -0.430 e. The molecule has 0 aliphatic heterocycles. The van der Waals surface area contributed by atoms with E-state index in [0.717, 1.165) is 23.8 Å². The summed E-state index contributed by atoms with van der Waals surface area (Å²) in [6.07, 6.45) is 0.758. The Hall–Kier alpha value is -1.01. The number of hydrogen-bond acceptors (Lipinski definition) is 4. The number of aryl methyl sites for hydroxylation is 1. The van der Waals surface area contributed by atoms with Crippen LogP contribution in [0.25, 0.3) is 0 Å². The first kappa shape index (κ1) is 11.5. The minimum atomic E-state index is -0.363. The molecule has 0 bridgehead atoms. The summed E-state index contributed by atoms with van der Waals surface area (Å²) < 4.78 is 23.1. The van der Waals surface area contributed by atoms with E-state index in [4.69, 9.17) is 4.74 Å². The predicted octanol–water partition coefficient (Wildman–Crippen LogP) is 3.79. The zero-order valence-electron chi connectivity index (χ0n) is 8.41. The number of ether oxygens (including phenoxy) is 1. The van der Waals surface area contributed by atoms with Crippen LogP contribution in [-0.2, 0) is 6.42 Å². The van der Waals surface area contributed by atoms with E-state index in [9.17, 15) is 4.39 Å². The van der Waals surface area contributed by atoms with Gasteiger partial charge in [0.1, 0.15) is 17.4 Å². The molecule has 1 heterocycles. The number of rotatable bonds is 3. The van der Waals surface area contributed by atoms with Gasteiger partial charge in [0.15, 0.2) is 0 Å². The maximum absolute atomic E-state index is 13.2. The summed E-state index contributed by atoms with van der Waals surface area (Å²) in [5, 5.41) is 0.429. The lowest BCUT2D eigenvalue weighted by atomic mass is 10.3. The van der Waals surface area contributed by atoms with Crippen LogP contribution in [0.3, 0.4) is 0 Å². The van der Waals surface area contributed by atoms with Crippen LogP contribution in [0.1, 0.15) is 12.7 Å². The van der Waals surface area contributed by atoms with E-state index in [1.165, 1.54) is 6.07 Å². The van der Waals surface area contributed by atoms with Crippen molar-refractivity contribution in [2.45, 2.75) is 13.3 Å². The first-order valence-corrected chi connectivity index (χ1v) is 6.21. The Morgan fingerprint density at radius 2 is 2.31 bits per heavy atom. The molecule has 0 aliphatic rings. The van der Waals surface area contributed by atoms with Crippen molar-refractivity contribution in [1.82, 2.24) is 9.36 Å². The van der Waals surface area contributed by atoms with Crippen LogP contribution < -0.4 is 4.74 Å². The summed E-state index contributed by atoms with van der Waals surface area (Å²) >= 11 is 4.24. The van der Waals surface area contributed by atoms with Crippen LogP contribution >= 0.6 is 27.5 Å². The van der Waals surface area contributed by atoms with E-state index in [0.29, 0.717) is 15.4 Å². The van der Waals surface area contributed by atoms with Crippen molar-refractivity contribution in [2.75, 3.05) is 0 Å². The molecule has 1 aromatic carbocycles. The number of benzene rings is 1. The van der Waals surface area contributed by atoms with Crippen LogP contribution in [0.2, 0.25) is 0 Å². The van der Waals surface area contributed by atoms with E-state index in [-0.39, 0.29) is 5.82 Å². The molecule has 3 nitrogen and oxygen atoms in total. The van der Waals surface area contributed by atoms with Gasteiger partial charge in [-0.3, -0.25) is 0 Å². The molecule has 0 atom stereocenters. The molecule has 0 unspecified atom stereocenters. The molecular weight excluding hydrogens is 295 g/mol. The average molecular weight is 303 g/mol. The van der Waals surface area contributed by atoms with Crippen molar-refractivity contribution >= 4 is 27.5 Å². The number of halogens is 2. The average Bonchev–Trinajstić information content (AvgIpc) is 2.71. The standard InChI is InChI=1S/C10H8BrFN2OS/c1-2-9-13-10(16-14-9)15-6-3-4-7(11)8(12)5-6/h3-5H,2H2,1H3. The quantitative estimate of drug-likeness (QED) is 0.865. The normalized spacial score (nSPS) is 10.4. The van der Waals surface area contributed by atoms with Crippen LogP contribution in [0, 0.1) is 5.82 Å².